The standard InChI is InChI=1S/C29H30BrN3O6/c1-37-26-16-19(9-14-25(26)32-29(36)31-24-8-4-3-7-23(24)30)17-27(34)33-15-5-6-21(33)18-39-22-12-10-20(11-13-22)28(35)38-2/h3-4,7-14,16,21H,5-6,15,17-18H2,1-2H3,(H2,31,32,36)/t21-/m0/s1. The molecule has 1 aliphatic heterocycles. The maximum absolute atomic E-state index is 13.2. The number of amides is 3. The van der Waals surface area contributed by atoms with Crippen molar-refractivity contribution in [2.45, 2.75) is 25.3 Å². The van der Waals surface area contributed by atoms with E-state index in [4.69, 9.17) is 14.2 Å². The summed E-state index contributed by atoms with van der Waals surface area (Å²) in [6.07, 6.45) is 1.95. The number of anilines is 2. The predicted octanol–water partition coefficient (Wildman–Crippen LogP) is 5.50. The molecule has 10 heteroatoms. The maximum Gasteiger partial charge on any atom is 0.337 e. The van der Waals surface area contributed by atoms with Gasteiger partial charge in [-0.05, 0) is 82.9 Å². The van der Waals surface area contributed by atoms with E-state index in [-0.39, 0.29) is 18.4 Å². The fourth-order valence-electron chi connectivity index (χ4n) is 4.40. The number of urea groups is 1. The van der Waals surface area contributed by atoms with Crippen LogP contribution in [0.2, 0.25) is 0 Å². The Bertz CT molecular complexity index is 1330. The third-order valence-corrected chi connectivity index (χ3v) is 7.10. The van der Waals surface area contributed by atoms with Crippen LogP contribution in [0.1, 0.15) is 28.8 Å². The second-order valence-corrected chi connectivity index (χ2v) is 9.83. The smallest absolute Gasteiger partial charge is 0.337 e. The molecule has 1 saturated heterocycles. The van der Waals surface area contributed by atoms with E-state index in [0.29, 0.717) is 41.6 Å². The van der Waals surface area contributed by atoms with Crippen molar-refractivity contribution in [3.63, 3.8) is 0 Å². The molecule has 0 bridgehead atoms. The first-order valence-electron chi connectivity index (χ1n) is 12.5. The first-order valence-corrected chi connectivity index (χ1v) is 13.3. The molecular formula is C29H30BrN3O6. The molecule has 2 N–H and O–H groups in total. The first-order chi connectivity index (χ1) is 18.9. The number of carbonyl (C=O) groups excluding carboxylic acids is 3. The Balaban J connectivity index is 1.34. The molecule has 3 amide bonds. The summed E-state index contributed by atoms with van der Waals surface area (Å²) in [6, 6.07) is 18.9. The average Bonchev–Trinajstić information content (AvgIpc) is 3.43. The number of benzene rings is 3. The van der Waals surface area contributed by atoms with Crippen LogP contribution >= 0.6 is 15.9 Å². The van der Waals surface area contributed by atoms with Crippen LogP contribution in [-0.2, 0) is 16.0 Å². The zero-order chi connectivity index (χ0) is 27.8. The molecule has 0 aliphatic carbocycles. The van der Waals surface area contributed by atoms with Crippen LogP contribution in [-0.4, -0.2) is 56.2 Å². The number of carbonyl (C=O) groups is 3. The van der Waals surface area contributed by atoms with E-state index >= 15 is 0 Å². The van der Waals surface area contributed by atoms with Gasteiger partial charge in [0.25, 0.3) is 0 Å². The minimum Gasteiger partial charge on any atom is -0.495 e. The number of esters is 1. The Morgan fingerprint density at radius 2 is 1.72 bits per heavy atom. The number of ether oxygens (including phenoxy) is 3. The summed E-state index contributed by atoms with van der Waals surface area (Å²) >= 11 is 3.41. The van der Waals surface area contributed by atoms with Gasteiger partial charge in [0.05, 0.1) is 43.6 Å². The zero-order valence-corrected chi connectivity index (χ0v) is 23.3. The molecule has 3 aromatic rings. The Kier molecular flexibility index (Phi) is 9.43. The van der Waals surface area contributed by atoms with Gasteiger partial charge in [-0.15, -0.1) is 0 Å². The molecule has 1 fully saturated rings. The summed E-state index contributed by atoms with van der Waals surface area (Å²) in [5.74, 6) is 0.674. The number of hydrogen-bond donors (Lipinski definition) is 2. The Labute approximate surface area is 235 Å². The average molecular weight is 596 g/mol. The number of nitrogens with zero attached hydrogens (tertiary/aromatic N) is 1. The lowest BCUT2D eigenvalue weighted by molar-refractivity contribution is -0.131. The molecule has 0 saturated carbocycles. The first kappa shape index (κ1) is 28.0. The van der Waals surface area contributed by atoms with Crippen LogP contribution in [0.25, 0.3) is 0 Å². The second kappa shape index (κ2) is 13.1. The zero-order valence-electron chi connectivity index (χ0n) is 21.7. The molecule has 0 spiro atoms. The van der Waals surface area contributed by atoms with Crippen molar-refractivity contribution in [2.75, 3.05) is 38.0 Å². The Morgan fingerprint density at radius 1 is 0.974 bits per heavy atom. The van der Waals surface area contributed by atoms with E-state index in [0.717, 1.165) is 22.9 Å². The molecular weight excluding hydrogens is 566 g/mol. The van der Waals surface area contributed by atoms with Crippen molar-refractivity contribution in [3.8, 4) is 11.5 Å². The fourth-order valence-corrected chi connectivity index (χ4v) is 4.78. The summed E-state index contributed by atoms with van der Waals surface area (Å²) in [4.78, 5) is 39.1. The maximum atomic E-state index is 13.2. The van der Waals surface area contributed by atoms with Crippen LogP contribution in [0.5, 0.6) is 11.5 Å². The summed E-state index contributed by atoms with van der Waals surface area (Å²) < 4.78 is 16.9. The SMILES string of the molecule is COC(=O)c1ccc(OC[C@@H]2CCCN2C(=O)Cc2ccc(NC(=O)Nc3ccccc3Br)c(OC)c2)cc1. The van der Waals surface area contributed by atoms with E-state index in [1.54, 1.807) is 48.5 Å². The van der Waals surface area contributed by atoms with Gasteiger partial charge >= 0.3 is 12.0 Å². The molecule has 1 heterocycles. The Hall–Kier alpha value is -4.05. The summed E-state index contributed by atoms with van der Waals surface area (Å²) in [5.41, 5.74) is 2.35. The number of methoxy groups -OCH3 is 2. The summed E-state index contributed by atoms with van der Waals surface area (Å²) in [7, 11) is 2.86. The number of rotatable bonds is 9. The summed E-state index contributed by atoms with van der Waals surface area (Å²) in [5, 5.41) is 5.58. The van der Waals surface area contributed by atoms with Gasteiger partial charge < -0.3 is 29.7 Å². The van der Waals surface area contributed by atoms with Crippen LogP contribution in [0.4, 0.5) is 16.2 Å². The number of nitrogens with one attached hydrogen (secondary N) is 2. The summed E-state index contributed by atoms with van der Waals surface area (Å²) in [6.45, 7) is 1.03. The van der Waals surface area contributed by atoms with Gasteiger partial charge in [-0.1, -0.05) is 18.2 Å². The normalized spacial score (nSPS) is 14.4. The van der Waals surface area contributed by atoms with Crippen molar-refractivity contribution < 1.29 is 28.6 Å². The fraction of sp³-hybridized carbons (Fsp3) is 0.276. The van der Waals surface area contributed by atoms with Crippen molar-refractivity contribution in [1.29, 1.82) is 0 Å². The van der Waals surface area contributed by atoms with Gasteiger partial charge in [0.2, 0.25) is 5.91 Å². The number of halogens is 1. The van der Waals surface area contributed by atoms with Crippen LogP contribution in [0.15, 0.2) is 71.2 Å². The lowest BCUT2D eigenvalue weighted by Crippen LogP contribution is -2.39. The van der Waals surface area contributed by atoms with Gasteiger partial charge in [-0.2, -0.15) is 0 Å². The molecule has 1 aliphatic rings. The highest BCUT2D eigenvalue weighted by atomic mass is 79.9. The van der Waals surface area contributed by atoms with Gasteiger partial charge in [0.1, 0.15) is 18.1 Å². The molecule has 4 rings (SSSR count). The minimum absolute atomic E-state index is 0.00317. The predicted molar refractivity (Wildman–Crippen MR) is 151 cm³/mol. The third-order valence-electron chi connectivity index (χ3n) is 6.41. The molecule has 1 atom stereocenters. The molecule has 0 radical (unpaired) electrons. The highest BCUT2D eigenvalue weighted by Gasteiger charge is 2.29. The molecule has 9 nitrogen and oxygen atoms in total. The minimum atomic E-state index is -0.413. The van der Waals surface area contributed by atoms with Gasteiger partial charge in [0.15, 0.2) is 0 Å². The van der Waals surface area contributed by atoms with E-state index in [2.05, 4.69) is 26.6 Å². The largest absolute Gasteiger partial charge is 0.495 e. The second-order valence-electron chi connectivity index (χ2n) is 8.98. The molecule has 0 aromatic heterocycles. The van der Waals surface area contributed by atoms with Crippen molar-refractivity contribution in [2.24, 2.45) is 0 Å². The number of hydrogen-bond acceptors (Lipinski definition) is 6. The van der Waals surface area contributed by atoms with Gasteiger partial charge in [-0.25, -0.2) is 9.59 Å². The molecule has 0 unspecified atom stereocenters. The van der Waals surface area contributed by atoms with Crippen molar-refractivity contribution in [3.05, 3.63) is 82.3 Å². The third kappa shape index (κ3) is 7.29. The highest BCUT2D eigenvalue weighted by Crippen LogP contribution is 2.28. The molecule has 204 valence electrons. The van der Waals surface area contributed by atoms with Gasteiger partial charge in [0, 0.05) is 11.0 Å². The quantitative estimate of drug-likeness (QED) is 0.316. The molecule has 3 aromatic carbocycles. The lowest BCUT2D eigenvalue weighted by Gasteiger charge is -2.25. The molecule has 39 heavy (non-hydrogen) atoms. The highest BCUT2D eigenvalue weighted by molar-refractivity contribution is 9.10. The monoisotopic (exact) mass is 595 g/mol. The Morgan fingerprint density at radius 3 is 2.44 bits per heavy atom. The van der Waals surface area contributed by atoms with E-state index in [1.165, 1.54) is 14.2 Å². The van der Waals surface area contributed by atoms with Crippen molar-refractivity contribution in [1.82, 2.24) is 4.90 Å². The van der Waals surface area contributed by atoms with Crippen LogP contribution < -0.4 is 20.1 Å². The lowest BCUT2D eigenvalue weighted by atomic mass is 10.1. The van der Waals surface area contributed by atoms with E-state index in [1.807, 2.05) is 23.1 Å². The van der Waals surface area contributed by atoms with E-state index in [9.17, 15) is 14.4 Å². The van der Waals surface area contributed by atoms with Crippen LogP contribution in [0, 0.1) is 0 Å². The number of para-hydroxylation sites is 1. The van der Waals surface area contributed by atoms with Crippen LogP contribution in [0.3, 0.4) is 0 Å². The topological polar surface area (TPSA) is 106 Å². The van der Waals surface area contributed by atoms with Gasteiger partial charge in [-0.3, -0.25) is 4.79 Å². The van der Waals surface area contributed by atoms with Crippen molar-refractivity contribution >= 4 is 45.2 Å². The number of likely N-dealkylation sites (tertiary alicyclic amines) is 1. The van der Waals surface area contributed by atoms with E-state index < -0.39 is 12.0 Å².